The monoisotopic (exact) mass is 818 g/mol. The first-order valence-corrected chi connectivity index (χ1v) is 21.9. The highest BCUT2D eigenvalue weighted by Gasteiger charge is 2.21. The zero-order chi connectivity index (χ0) is 42.4. The number of anilines is 2. The number of furan rings is 1. The van der Waals surface area contributed by atoms with Crippen LogP contribution in [-0.4, -0.2) is 4.57 Å². The Morgan fingerprint density at radius 1 is 0.359 bits per heavy atom. The molecule has 12 rings (SSSR count). The second-order valence-corrected chi connectivity index (χ2v) is 16.5. The zero-order valence-electron chi connectivity index (χ0n) is 35.1. The van der Waals surface area contributed by atoms with Gasteiger partial charge in [-0.3, -0.25) is 0 Å². The van der Waals surface area contributed by atoms with Crippen LogP contribution in [0.15, 0.2) is 247 Å². The van der Waals surface area contributed by atoms with E-state index in [0.29, 0.717) is 6.54 Å². The molecule has 3 heteroatoms. The van der Waals surface area contributed by atoms with Crippen LogP contribution >= 0.6 is 0 Å². The smallest absolute Gasteiger partial charge is 0.137 e. The lowest BCUT2D eigenvalue weighted by Crippen LogP contribution is -2.17. The summed E-state index contributed by atoms with van der Waals surface area (Å²) in [6.07, 6.45) is 0. The van der Waals surface area contributed by atoms with E-state index in [1.54, 1.807) is 0 Å². The summed E-state index contributed by atoms with van der Waals surface area (Å²) in [4.78, 5) is 2.47. The van der Waals surface area contributed by atoms with Crippen molar-refractivity contribution in [3.63, 3.8) is 0 Å². The Bertz CT molecular complexity index is 3610. The second-order valence-electron chi connectivity index (χ2n) is 16.5. The Kier molecular flexibility index (Phi) is 9.23. The third kappa shape index (κ3) is 6.63. The molecule has 64 heavy (non-hydrogen) atoms. The van der Waals surface area contributed by atoms with Crippen molar-refractivity contribution in [1.82, 2.24) is 4.57 Å². The van der Waals surface area contributed by atoms with E-state index in [4.69, 9.17) is 4.42 Å². The molecule has 0 fully saturated rings. The van der Waals surface area contributed by atoms with Crippen LogP contribution in [0.2, 0.25) is 0 Å². The molecule has 0 amide bonds. The molecule has 0 aliphatic heterocycles. The minimum Gasteiger partial charge on any atom is -0.456 e. The van der Waals surface area contributed by atoms with Crippen LogP contribution in [0.3, 0.4) is 0 Å². The van der Waals surface area contributed by atoms with Crippen LogP contribution in [-0.2, 0) is 6.54 Å². The summed E-state index contributed by atoms with van der Waals surface area (Å²) in [5.41, 5.74) is 18.2. The molecule has 2 aromatic heterocycles. The van der Waals surface area contributed by atoms with Crippen molar-refractivity contribution in [3.05, 3.63) is 248 Å². The van der Waals surface area contributed by atoms with E-state index in [1.165, 1.54) is 66.3 Å². The van der Waals surface area contributed by atoms with Gasteiger partial charge in [-0.15, -0.1) is 0 Å². The average Bonchev–Trinajstić information content (AvgIpc) is 3.92. The maximum Gasteiger partial charge on any atom is 0.137 e. The van der Waals surface area contributed by atoms with Crippen LogP contribution < -0.4 is 4.90 Å². The Hall–Kier alpha value is -8.40. The van der Waals surface area contributed by atoms with Gasteiger partial charge in [0.25, 0.3) is 0 Å². The third-order valence-corrected chi connectivity index (χ3v) is 12.7. The van der Waals surface area contributed by atoms with Gasteiger partial charge in [-0.25, -0.2) is 0 Å². The zero-order valence-corrected chi connectivity index (χ0v) is 35.1. The van der Waals surface area contributed by atoms with Crippen molar-refractivity contribution in [2.75, 3.05) is 4.90 Å². The molecule has 302 valence electrons. The molecule has 0 unspecified atom stereocenters. The Morgan fingerprint density at radius 3 is 1.62 bits per heavy atom. The molecule has 0 saturated carbocycles. The lowest BCUT2D eigenvalue weighted by atomic mass is 9.92. The lowest BCUT2D eigenvalue weighted by molar-refractivity contribution is 0.669. The SMILES string of the molecule is c1ccc(-c2ccc(-c3ccc(-c4ccc5c6ccccc6n(-c6ccccc6)c5c4)cc3CN(c3ccc(-c4ccccc4)cc3)c3cccc4oc5ccccc5c34)cc2)cc1. The predicted molar refractivity (Wildman–Crippen MR) is 269 cm³/mol. The van der Waals surface area contributed by atoms with Crippen LogP contribution in [0.1, 0.15) is 5.56 Å². The molecule has 3 nitrogen and oxygen atoms in total. The molecular weight excluding hydrogens is 777 g/mol. The Balaban J connectivity index is 1.05. The van der Waals surface area contributed by atoms with E-state index >= 15 is 0 Å². The Labute approximate surface area is 372 Å². The maximum atomic E-state index is 6.49. The summed E-state index contributed by atoms with van der Waals surface area (Å²) in [5.74, 6) is 0. The molecular formula is C61H42N2O. The van der Waals surface area contributed by atoms with E-state index in [-0.39, 0.29) is 0 Å². The van der Waals surface area contributed by atoms with Crippen molar-refractivity contribution in [3.8, 4) is 50.2 Å². The summed E-state index contributed by atoms with van der Waals surface area (Å²) < 4.78 is 8.89. The van der Waals surface area contributed by atoms with Crippen molar-refractivity contribution in [1.29, 1.82) is 0 Å². The van der Waals surface area contributed by atoms with E-state index in [0.717, 1.165) is 44.6 Å². The first-order chi connectivity index (χ1) is 31.7. The molecule has 0 bridgehead atoms. The van der Waals surface area contributed by atoms with Gasteiger partial charge in [0, 0.05) is 34.1 Å². The number of fused-ring (bicyclic) bond motifs is 6. The van der Waals surface area contributed by atoms with Gasteiger partial charge in [0.1, 0.15) is 11.2 Å². The maximum absolute atomic E-state index is 6.49. The molecule has 0 aliphatic rings. The fourth-order valence-electron chi connectivity index (χ4n) is 9.60. The van der Waals surface area contributed by atoms with Gasteiger partial charge in [0.05, 0.1) is 22.1 Å². The van der Waals surface area contributed by atoms with E-state index in [1.807, 2.05) is 6.07 Å². The van der Waals surface area contributed by atoms with Gasteiger partial charge in [0.15, 0.2) is 0 Å². The number of hydrogen-bond acceptors (Lipinski definition) is 2. The van der Waals surface area contributed by atoms with Crippen molar-refractivity contribution >= 4 is 55.1 Å². The molecule has 0 saturated heterocycles. The standard InChI is InChI=1S/C61H42N2O/c1-4-15-42(16-5-1)44-27-29-46(30-28-44)52-37-33-47(48-34-38-54-53-21-10-12-23-56(53)63(58(54)40-48)51-19-8-3-9-20-51)39-49(52)41-62(50-35-31-45(32-36-50)43-17-6-2-7-18-43)57-24-14-26-60-61(57)55-22-11-13-25-59(55)64-60/h1-40H,41H2. The molecule has 0 atom stereocenters. The summed E-state index contributed by atoms with van der Waals surface area (Å²) in [5, 5.41) is 4.70. The largest absolute Gasteiger partial charge is 0.456 e. The van der Waals surface area contributed by atoms with Crippen molar-refractivity contribution in [2.24, 2.45) is 0 Å². The fourth-order valence-corrected chi connectivity index (χ4v) is 9.60. The molecule has 10 aromatic carbocycles. The molecule has 0 N–H and O–H groups in total. The summed E-state index contributed by atoms with van der Waals surface area (Å²) >= 11 is 0. The third-order valence-electron chi connectivity index (χ3n) is 12.7. The van der Waals surface area contributed by atoms with Crippen LogP contribution in [0.4, 0.5) is 11.4 Å². The topological polar surface area (TPSA) is 21.3 Å². The van der Waals surface area contributed by atoms with Crippen LogP contribution in [0.25, 0.3) is 93.9 Å². The fraction of sp³-hybridized carbons (Fsp3) is 0.0164. The van der Waals surface area contributed by atoms with E-state index < -0.39 is 0 Å². The lowest BCUT2D eigenvalue weighted by Gasteiger charge is -2.28. The second kappa shape index (κ2) is 15.8. The van der Waals surface area contributed by atoms with E-state index in [9.17, 15) is 0 Å². The number of rotatable bonds is 9. The highest BCUT2D eigenvalue weighted by atomic mass is 16.3. The number of benzene rings is 10. The Morgan fingerprint density at radius 2 is 0.891 bits per heavy atom. The highest BCUT2D eigenvalue weighted by molar-refractivity contribution is 6.13. The predicted octanol–water partition coefficient (Wildman–Crippen LogP) is 16.7. The first kappa shape index (κ1) is 37.4. The average molecular weight is 819 g/mol. The number of hydrogen-bond donors (Lipinski definition) is 0. The summed E-state index contributed by atoms with van der Waals surface area (Å²) in [6, 6.07) is 87.5. The van der Waals surface area contributed by atoms with Gasteiger partial charge >= 0.3 is 0 Å². The van der Waals surface area contributed by atoms with Gasteiger partial charge in [-0.05, 0) is 111 Å². The van der Waals surface area contributed by atoms with Gasteiger partial charge in [-0.2, -0.15) is 0 Å². The van der Waals surface area contributed by atoms with Gasteiger partial charge < -0.3 is 13.9 Å². The van der Waals surface area contributed by atoms with Crippen molar-refractivity contribution < 1.29 is 4.42 Å². The van der Waals surface area contributed by atoms with Crippen LogP contribution in [0.5, 0.6) is 0 Å². The number of aromatic nitrogens is 1. The highest BCUT2D eigenvalue weighted by Crippen LogP contribution is 2.42. The minimum atomic E-state index is 0.611. The van der Waals surface area contributed by atoms with Crippen molar-refractivity contribution in [2.45, 2.75) is 6.54 Å². The molecule has 0 spiro atoms. The summed E-state index contributed by atoms with van der Waals surface area (Å²) in [6.45, 7) is 0.611. The number of para-hydroxylation sites is 3. The molecule has 0 aliphatic carbocycles. The van der Waals surface area contributed by atoms with Gasteiger partial charge in [0.2, 0.25) is 0 Å². The van der Waals surface area contributed by atoms with E-state index in [2.05, 4.69) is 246 Å². The first-order valence-electron chi connectivity index (χ1n) is 21.9. The molecule has 12 aromatic rings. The number of nitrogens with zero attached hydrogens (tertiary/aromatic N) is 2. The van der Waals surface area contributed by atoms with Crippen LogP contribution in [0, 0.1) is 0 Å². The van der Waals surface area contributed by atoms with Gasteiger partial charge in [-0.1, -0.05) is 182 Å². The molecule has 0 radical (unpaired) electrons. The molecule has 2 heterocycles. The summed E-state index contributed by atoms with van der Waals surface area (Å²) in [7, 11) is 0. The quantitative estimate of drug-likeness (QED) is 0.145. The minimum absolute atomic E-state index is 0.611. The normalized spacial score (nSPS) is 11.5.